The number of nitrogens with one attached hydrogen (secondary N) is 1. The van der Waals surface area contributed by atoms with Gasteiger partial charge in [-0.3, -0.25) is 4.68 Å². The molecule has 17 heavy (non-hydrogen) atoms. The minimum atomic E-state index is 0.294. The number of oxime groups is 1. The molecule has 0 radical (unpaired) electrons. The van der Waals surface area contributed by atoms with E-state index in [1.54, 1.807) is 11.0 Å². The summed E-state index contributed by atoms with van der Waals surface area (Å²) in [5.74, 6) is 1.15. The molecule has 96 valence electrons. The van der Waals surface area contributed by atoms with Gasteiger partial charge < -0.3 is 16.3 Å². The fraction of sp³-hybridized carbons (Fsp3) is 0.700. The second kappa shape index (κ2) is 7.61. The second-order valence-electron chi connectivity index (χ2n) is 3.88. The average molecular weight is 240 g/mol. The van der Waals surface area contributed by atoms with Crippen LogP contribution in [-0.4, -0.2) is 38.9 Å². The van der Waals surface area contributed by atoms with Gasteiger partial charge in [0.05, 0.1) is 0 Å². The molecule has 0 amide bonds. The van der Waals surface area contributed by atoms with Gasteiger partial charge in [-0.25, -0.2) is 4.98 Å². The number of aromatic nitrogens is 3. The van der Waals surface area contributed by atoms with Crippen LogP contribution in [0.1, 0.15) is 25.1 Å². The molecule has 7 heteroatoms. The van der Waals surface area contributed by atoms with Gasteiger partial charge in [0.25, 0.3) is 0 Å². The minimum Gasteiger partial charge on any atom is -0.409 e. The molecule has 1 aromatic rings. The highest BCUT2D eigenvalue weighted by Crippen LogP contribution is 1.94. The third-order valence-electron chi connectivity index (χ3n) is 2.34. The van der Waals surface area contributed by atoms with E-state index in [4.69, 9.17) is 10.9 Å². The van der Waals surface area contributed by atoms with Crippen molar-refractivity contribution in [3.8, 4) is 0 Å². The minimum absolute atomic E-state index is 0.294. The molecule has 0 aliphatic carbocycles. The fourth-order valence-corrected chi connectivity index (χ4v) is 1.43. The van der Waals surface area contributed by atoms with Gasteiger partial charge in [-0.05, 0) is 19.4 Å². The third-order valence-corrected chi connectivity index (χ3v) is 2.34. The predicted molar refractivity (Wildman–Crippen MR) is 64.8 cm³/mol. The quantitative estimate of drug-likeness (QED) is 0.193. The molecule has 1 heterocycles. The highest BCUT2D eigenvalue weighted by Gasteiger charge is 1.98. The van der Waals surface area contributed by atoms with E-state index in [9.17, 15) is 0 Å². The zero-order valence-corrected chi connectivity index (χ0v) is 10.1. The largest absolute Gasteiger partial charge is 0.409 e. The van der Waals surface area contributed by atoms with E-state index in [1.807, 2.05) is 7.05 Å². The molecule has 0 saturated carbocycles. The lowest BCUT2D eigenvalue weighted by atomic mass is 10.2. The van der Waals surface area contributed by atoms with Crippen LogP contribution in [0.4, 0.5) is 0 Å². The van der Waals surface area contributed by atoms with Crippen molar-refractivity contribution >= 4 is 5.84 Å². The lowest BCUT2D eigenvalue weighted by Crippen LogP contribution is -2.19. The molecule has 0 unspecified atom stereocenters. The van der Waals surface area contributed by atoms with E-state index in [0.717, 1.165) is 38.2 Å². The van der Waals surface area contributed by atoms with Crippen molar-refractivity contribution in [2.45, 2.75) is 25.7 Å². The number of amidine groups is 1. The van der Waals surface area contributed by atoms with Crippen LogP contribution in [0.2, 0.25) is 0 Å². The van der Waals surface area contributed by atoms with Crippen LogP contribution < -0.4 is 11.1 Å². The van der Waals surface area contributed by atoms with Crippen LogP contribution in [0, 0.1) is 0 Å². The Kier molecular flexibility index (Phi) is 6.02. The van der Waals surface area contributed by atoms with E-state index in [2.05, 4.69) is 20.6 Å². The molecule has 0 saturated heterocycles. The normalized spacial score (nSPS) is 11.9. The lowest BCUT2D eigenvalue weighted by Gasteiger charge is -2.02. The first-order chi connectivity index (χ1) is 8.22. The van der Waals surface area contributed by atoms with Crippen molar-refractivity contribution < 1.29 is 5.21 Å². The van der Waals surface area contributed by atoms with Crippen molar-refractivity contribution in [3.63, 3.8) is 0 Å². The Labute approximate surface area is 101 Å². The van der Waals surface area contributed by atoms with Crippen molar-refractivity contribution in [1.82, 2.24) is 20.1 Å². The fourth-order valence-electron chi connectivity index (χ4n) is 1.43. The van der Waals surface area contributed by atoms with Crippen LogP contribution in [0.3, 0.4) is 0 Å². The van der Waals surface area contributed by atoms with E-state index >= 15 is 0 Å². The number of rotatable bonds is 8. The van der Waals surface area contributed by atoms with Gasteiger partial charge in [0.1, 0.15) is 12.2 Å². The SMILES string of the molecule is Cn1cnc(CCNCCCCC(N)=NO)n1. The average Bonchev–Trinajstić information content (AvgIpc) is 2.73. The molecule has 1 aromatic heterocycles. The molecule has 0 bridgehead atoms. The first-order valence-electron chi connectivity index (χ1n) is 5.74. The Bertz CT molecular complexity index is 348. The summed E-state index contributed by atoms with van der Waals surface area (Å²) in [4.78, 5) is 4.14. The standard InChI is InChI=1S/C10H20N6O/c1-16-8-13-10(14-16)5-7-12-6-3-2-4-9(11)15-17/h8,12,17H,2-7H2,1H3,(H2,11,15). The number of hydrogen-bond acceptors (Lipinski definition) is 5. The number of aryl methyl sites for hydroxylation is 1. The molecule has 7 nitrogen and oxygen atoms in total. The van der Waals surface area contributed by atoms with Gasteiger partial charge in [0.2, 0.25) is 0 Å². The van der Waals surface area contributed by atoms with Crippen molar-refractivity contribution in [2.75, 3.05) is 13.1 Å². The lowest BCUT2D eigenvalue weighted by molar-refractivity contribution is 0.316. The summed E-state index contributed by atoms with van der Waals surface area (Å²) in [5, 5.41) is 18.7. The number of nitrogens with zero attached hydrogens (tertiary/aromatic N) is 4. The number of nitrogens with two attached hydrogens (primary N) is 1. The van der Waals surface area contributed by atoms with E-state index in [1.165, 1.54) is 0 Å². The Hall–Kier alpha value is -1.63. The van der Waals surface area contributed by atoms with E-state index in [-0.39, 0.29) is 0 Å². The van der Waals surface area contributed by atoms with Crippen molar-refractivity contribution in [1.29, 1.82) is 0 Å². The number of unbranched alkanes of at least 4 members (excludes halogenated alkanes) is 1. The summed E-state index contributed by atoms with van der Waals surface area (Å²) in [6.45, 7) is 1.79. The molecule has 0 atom stereocenters. The molecule has 0 spiro atoms. The van der Waals surface area contributed by atoms with Crippen LogP contribution >= 0.6 is 0 Å². The van der Waals surface area contributed by atoms with Crippen molar-refractivity contribution in [2.24, 2.45) is 17.9 Å². The highest BCUT2D eigenvalue weighted by atomic mass is 16.4. The maximum atomic E-state index is 8.34. The molecule has 0 aromatic carbocycles. The van der Waals surface area contributed by atoms with E-state index in [0.29, 0.717) is 12.3 Å². The molecule has 0 fully saturated rings. The van der Waals surface area contributed by atoms with Gasteiger partial charge in [0, 0.05) is 26.4 Å². The Balaban J connectivity index is 1.94. The zero-order valence-electron chi connectivity index (χ0n) is 10.1. The Morgan fingerprint density at radius 3 is 3.00 bits per heavy atom. The summed E-state index contributed by atoms with van der Waals surface area (Å²) in [5.41, 5.74) is 5.35. The zero-order chi connectivity index (χ0) is 12.5. The maximum Gasteiger partial charge on any atom is 0.151 e. The van der Waals surface area contributed by atoms with Crippen LogP contribution in [0.15, 0.2) is 11.5 Å². The summed E-state index contributed by atoms with van der Waals surface area (Å²) in [6, 6.07) is 0. The second-order valence-corrected chi connectivity index (χ2v) is 3.88. The third kappa shape index (κ3) is 5.86. The van der Waals surface area contributed by atoms with Gasteiger partial charge >= 0.3 is 0 Å². The highest BCUT2D eigenvalue weighted by molar-refractivity contribution is 5.79. The van der Waals surface area contributed by atoms with E-state index < -0.39 is 0 Å². The number of hydrogen-bond donors (Lipinski definition) is 3. The molecular formula is C10H20N6O. The summed E-state index contributed by atoms with van der Waals surface area (Å²) in [6.07, 6.45) is 5.10. The summed E-state index contributed by atoms with van der Waals surface area (Å²) < 4.78 is 1.70. The van der Waals surface area contributed by atoms with Crippen molar-refractivity contribution in [3.05, 3.63) is 12.2 Å². The van der Waals surface area contributed by atoms with Crippen LogP contribution in [0.5, 0.6) is 0 Å². The molecular weight excluding hydrogens is 220 g/mol. The Morgan fingerprint density at radius 1 is 1.53 bits per heavy atom. The predicted octanol–water partition coefficient (Wildman–Crippen LogP) is -0.136. The first-order valence-corrected chi connectivity index (χ1v) is 5.74. The molecule has 1 rings (SSSR count). The topological polar surface area (TPSA) is 101 Å². The monoisotopic (exact) mass is 240 g/mol. The van der Waals surface area contributed by atoms with Crippen LogP contribution in [0.25, 0.3) is 0 Å². The molecule has 0 aliphatic heterocycles. The van der Waals surface area contributed by atoms with Gasteiger partial charge in [-0.1, -0.05) is 5.16 Å². The van der Waals surface area contributed by atoms with Gasteiger partial charge in [0.15, 0.2) is 5.82 Å². The smallest absolute Gasteiger partial charge is 0.151 e. The summed E-state index contributed by atoms with van der Waals surface area (Å²) in [7, 11) is 1.86. The van der Waals surface area contributed by atoms with Crippen LogP contribution in [-0.2, 0) is 13.5 Å². The van der Waals surface area contributed by atoms with Gasteiger partial charge in [-0.2, -0.15) is 5.10 Å². The first kappa shape index (κ1) is 13.4. The Morgan fingerprint density at radius 2 is 2.35 bits per heavy atom. The molecule has 4 N–H and O–H groups in total. The molecule has 0 aliphatic rings. The summed E-state index contributed by atoms with van der Waals surface area (Å²) >= 11 is 0. The maximum absolute atomic E-state index is 8.34. The van der Waals surface area contributed by atoms with Gasteiger partial charge in [-0.15, -0.1) is 0 Å².